The number of rotatable bonds is 11. The van der Waals surface area contributed by atoms with E-state index in [2.05, 4.69) is 5.32 Å². The Kier molecular flexibility index (Phi) is 10.6. The van der Waals surface area contributed by atoms with Crippen LogP contribution in [0.3, 0.4) is 0 Å². The second-order valence-corrected chi connectivity index (χ2v) is 12.6. The Balaban J connectivity index is 2.07. The first-order valence-electron chi connectivity index (χ1n) is 13.0. The molecular weight excluding hydrogens is 569 g/mol. The lowest BCUT2D eigenvalue weighted by atomic mass is 10.1. The second kappa shape index (κ2) is 13.5. The van der Waals surface area contributed by atoms with Crippen LogP contribution < -0.4 is 9.62 Å². The highest BCUT2D eigenvalue weighted by molar-refractivity contribution is 7.92. The van der Waals surface area contributed by atoms with Crippen LogP contribution in [0, 0.1) is 13.8 Å². The van der Waals surface area contributed by atoms with E-state index in [1.807, 2.05) is 20.8 Å². The molecule has 3 aromatic rings. The number of halogens is 2. The van der Waals surface area contributed by atoms with Gasteiger partial charge in [-0.3, -0.25) is 13.9 Å². The summed E-state index contributed by atoms with van der Waals surface area (Å²) in [5, 5.41) is 3.77. The number of aryl methyl sites for hydroxylation is 1. The third-order valence-electron chi connectivity index (χ3n) is 6.81. The fourth-order valence-corrected chi connectivity index (χ4v) is 5.95. The van der Waals surface area contributed by atoms with E-state index in [0.717, 1.165) is 16.3 Å². The van der Waals surface area contributed by atoms with Crippen LogP contribution >= 0.6 is 23.2 Å². The van der Waals surface area contributed by atoms with Crippen molar-refractivity contribution in [2.75, 3.05) is 10.8 Å². The van der Waals surface area contributed by atoms with E-state index >= 15 is 0 Å². The molecule has 2 amide bonds. The van der Waals surface area contributed by atoms with Crippen molar-refractivity contribution in [1.29, 1.82) is 0 Å². The minimum atomic E-state index is -4.18. The minimum absolute atomic E-state index is 0.0363. The first-order chi connectivity index (χ1) is 18.8. The van der Waals surface area contributed by atoms with E-state index in [0.29, 0.717) is 21.2 Å². The lowest BCUT2D eigenvalue weighted by Crippen LogP contribution is -2.52. The lowest BCUT2D eigenvalue weighted by Gasteiger charge is -2.33. The number of nitrogens with one attached hydrogen (secondary N) is 1. The smallest absolute Gasteiger partial charge is 0.264 e. The predicted octanol–water partition coefficient (Wildman–Crippen LogP) is 6.14. The van der Waals surface area contributed by atoms with Crippen LogP contribution in [0.4, 0.5) is 5.69 Å². The van der Waals surface area contributed by atoms with Crippen molar-refractivity contribution in [1.82, 2.24) is 10.2 Å². The van der Waals surface area contributed by atoms with E-state index in [1.165, 1.54) is 17.0 Å². The highest BCUT2D eigenvalue weighted by Crippen LogP contribution is 2.31. The molecule has 10 heteroatoms. The molecule has 0 unspecified atom stereocenters. The number of nitrogens with zero attached hydrogens (tertiary/aromatic N) is 2. The average Bonchev–Trinajstić information content (AvgIpc) is 2.91. The Hall–Kier alpha value is -3.07. The number of sulfonamides is 1. The van der Waals surface area contributed by atoms with Crippen LogP contribution in [0.1, 0.15) is 43.9 Å². The third-order valence-corrected chi connectivity index (χ3v) is 9.22. The fraction of sp³-hybridized carbons (Fsp3) is 0.333. The summed E-state index contributed by atoms with van der Waals surface area (Å²) in [7, 11) is -4.18. The molecule has 0 aliphatic heterocycles. The SMILES string of the molecule is CC[C@H](C)NC(=O)[C@H](C)N(Cc1cccc(Cl)c1)C(=O)CN(c1cccc(Cl)c1C)S(=O)(=O)c1ccc(C)cc1. The highest BCUT2D eigenvalue weighted by atomic mass is 35.5. The van der Waals surface area contributed by atoms with Crippen molar-refractivity contribution in [2.24, 2.45) is 0 Å². The van der Waals surface area contributed by atoms with Gasteiger partial charge in [-0.15, -0.1) is 0 Å². The zero-order valence-corrected chi connectivity index (χ0v) is 25.6. The van der Waals surface area contributed by atoms with E-state index < -0.39 is 28.5 Å². The molecule has 40 heavy (non-hydrogen) atoms. The zero-order valence-electron chi connectivity index (χ0n) is 23.3. The number of carbonyl (C=O) groups excluding carboxylic acids is 2. The summed E-state index contributed by atoms with van der Waals surface area (Å²) < 4.78 is 29.0. The van der Waals surface area contributed by atoms with Crippen LogP contribution in [0.5, 0.6) is 0 Å². The van der Waals surface area contributed by atoms with E-state index in [1.54, 1.807) is 68.4 Å². The van der Waals surface area contributed by atoms with E-state index in [9.17, 15) is 18.0 Å². The maximum Gasteiger partial charge on any atom is 0.264 e. The highest BCUT2D eigenvalue weighted by Gasteiger charge is 2.33. The summed E-state index contributed by atoms with van der Waals surface area (Å²) in [5.74, 6) is -0.890. The molecule has 0 fully saturated rings. The van der Waals surface area contributed by atoms with Gasteiger partial charge in [-0.05, 0) is 81.6 Å². The number of anilines is 1. The summed E-state index contributed by atoms with van der Waals surface area (Å²) >= 11 is 12.6. The van der Waals surface area contributed by atoms with Crippen LogP contribution in [0.25, 0.3) is 0 Å². The van der Waals surface area contributed by atoms with Crippen LogP contribution in [0.2, 0.25) is 10.0 Å². The monoisotopic (exact) mass is 603 g/mol. The number of hydrogen-bond donors (Lipinski definition) is 1. The molecule has 0 aliphatic rings. The van der Waals surface area contributed by atoms with Crippen molar-refractivity contribution in [3.63, 3.8) is 0 Å². The van der Waals surface area contributed by atoms with Crippen LogP contribution in [-0.2, 0) is 26.2 Å². The van der Waals surface area contributed by atoms with Gasteiger partial charge in [0.2, 0.25) is 11.8 Å². The quantitative estimate of drug-likeness (QED) is 0.285. The van der Waals surface area contributed by atoms with Gasteiger partial charge in [0.15, 0.2) is 0 Å². The molecular formula is C30H35Cl2N3O4S. The Morgan fingerprint density at radius 1 is 0.950 bits per heavy atom. The van der Waals surface area contributed by atoms with Crippen LogP contribution in [-0.4, -0.2) is 43.8 Å². The molecule has 0 saturated heterocycles. The van der Waals surface area contributed by atoms with Gasteiger partial charge in [0.1, 0.15) is 12.6 Å². The van der Waals surface area contributed by atoms with Gasteiger partial charge in [0, 0.05) is 22.6 Å². The Morgan fingerprint density at radius 2 is 1.60 bits per heavy atom. The molecule has 1 N–H and O–H groups in total. The van der Waals surface area contributed by atoms with Crippen LogP contribution in [0.15, 0.2) is 71.6 Å². The largest absolute Gasteiger partial charge is 0.352 e. The molecule has 0 heterocycles. The first kappa shape index (κ1) is 31.5. The molecule has 214 valence electrons. The van der Waals surface area contributed by atoms with Crippen molar-refractivity contribution in [3.05, 3.63) is 93.5 Å². The lowest BCUT2D eigenvalue weighted by molar-refractivity contribution is -0.139. The molecule has 3 rings (SSSR count). The Morgan fingerprint density at radius 3 is 2.23 bits per heavy atom. The molecule has 0 saturated carbocycles. The third kappa shape index (κ3) is 7.56. The van der Waals surface area contributed by atoms with Crippen molar-refractivity contribution in [3.8, 4) is 0 Å². The molecule has 7 nitrogen and oxygen atoms in total. The molecule has 0 spiro atoms. The molecule has 3 aromatic carbocycles. The standard InChI is InChI=1S/C30H35Cl2N3O4S/c1-6-21(3)33-30(37)23(5)34(18-24-9-7-10-25(31)17-24)29(36)19-35(28-12-8-11-27(32)22(28)4)40(38,39)26-15-13-20(2)14-16-26/h7-17,21,23H,6,18-19H2,1-5H3,(H,33,37)/t21-,23-/m0/s1. The van der Waals surface area contributed by atoms with Gasteiger partial charge in [-0.25, -0.2) is 8.42 Å². The summed E-state index contributed by atoms with van der Waals surface area (Å²) in [6.45, 7) is 8.53. The van der Waals surface area contributed by atoms with Gasteiger partial charge in [-0.1, -0.05) is 66.0 Å². The van der Waals surface area contributed by atoms with Crippen molar-refractivity contribution in [2.45, 2.75) is 64.6 Å². The predicted molar refractivity (Wildman–Crippen MR) is 161 cm³/mol. The molecule has 0 radical (unpaired) electrons. The van der Waals surface area contributed by atoms with Gasteiger partial charge < -0.3 is 10.2 Å². The fourth-order valence-electron chi connectivity index (χ4n) is 4.10. The number of amides is 2. The van der Waals surface area contributed by atoms with Gasteiger partial charge in [0.05, 0.1) is 10.6 Å². The average molecular weight is 605 g/mol. The molecule has 0 aromatic heterocycles. The van der Waals surface area contributed by atoms with E-state index in [4.69, 9.17) is 23.2 Å². The van der Waals surface area contributed by atoms with Crippen molar-refractivity contribution < 1.29 is 18.0 Å². The normalized spacial score (nSPS) is 12.9. The Bertz CT molecular complexity index is 1460. The number of benzene rings is 3. The zero-order chi connectivity index (χ0) is 29.6. The summed E-state index contributed by atoms with van der Waals surface area (Å²) in [5.41, 5.74) is 2.39. The van der Waals surface area contributed by atoms with Crippen molar-refractivity contribution >= 4 is 50.7 Å². The second-order valence-electron chi connectivity index (χ2n) is 9.85. The Labute approximate surface area is 247 Å². The first-order valence-corrected chi connectivity index (χ1v) is 15.2. The molecule has 0 aliphatic carbocycles. The number of hydrogen-bond acceptors (Lipinski definition) is 4. The van der Waals surface area contributed by atoms with Gasteiger partial charge in [0.25, 0.3) is 10.0 Å². The maximum atomic E-state index is 14.0. The van der Waals surface area contributed by atoms with Gasteiger partial charge >= 0.3 is 0 Å². The maximum absolute atomic E-state index is 14.0. The number of carbonyl (C=O) groups is 2. The van der Waals surface area contributed by atoms with E-state index in [-0.39, 0.29) is 29.1 Å². The topological polar surface area (TPSA) is 86.8 Å². The summed E-state index contributed by atoms with van der Waals surface area (Å²) in [6, 6.07) is 17.3. The molecule has 2 atom stereocenters. The van der Waals surface area contributed by atoms with Gasteiger partial charge in [-0.2, -0.15) is 0 Å². The summed E-state index contributed by atoms with van der Waals surface area (Å²) in [4.78, 5) is 28.6. The summed E-state index contributed by atoms with van der Waals surface area (Å²) in [6.07, 6.45) is 0.720. The molecule has 0 bridgehead atoms. The minimum Gasteiger partial charge on any atom is -0.352 e.